The molecule has 2 aliphatic heterocycles. The number of hydrogen-bond acceptors (Lipinski definition) is 4. The molecule has 0 radical (unpaired) electrons. The Morgan fingerprint density at radius 1 is 1.11 bits per heavy atom. The summed E-state index contributed by atoms with van der Waals surface area (Å²) in [5.41, 5.74) is -0.327. The lowest BCUT2D eigenvalue weighted by Crippen LogP contribution is -2.70. The Hall–Kier alpha value is -1.44. The van der Waals surface area contributed by atoms with Crippen molar-refractivity contribution in [1.82, 2.24) is 14.1 Å². The van der Waals surface area contributed by atoms with Gasteiger partial charge in [0.2, 0.25) is 15.9 Å². The monoisotopic (exact) mass is 407 g/mol. The van der Waals surface area contributed by atoms with Gasteiger partial charge >= 0.3 is 0 Å². The van der Waals surface area contributed by atoms with Gasteiger partial charge in [0.15, 0.2) is 0 Å². The van der Waals surface area contributed by atoms with Gasteiger partial charge in [-0.05, 0) is 31.4 Å². The first kappa shape index (κ1) is 21.3. The average Bonchev–Trinajstić information content (AvgIpc) is 2.60. The Morgan fingerprint density at radius 2 is 1.75 bits per heavy atom. The Balaban J connectivity index is 1.80. The van der Waals surface area contributed by atoms with Crippen molar-refractivity contribution in [3.63, 3.8) is 0 Å². The molecule has 2 heterocycles. The molecule has 156 valence electrons. The minimum absolute atomic E-state index is 0.0138. The maximum Gasteiger partial charge on any atom is 0.243 e. The summed E-state index contributed by atoms with van der Waals surface area (Å²) in [5.74, 6) is 0.160. The minimum atomic E-state index is -3.55. The van der Waals surface area contributed by atoms with Crippen LogP contribution in [0.5, 0.6) is 0 Å². The lowest BCUT2D eigenvalue weighted by Gasteiger charge is -2.55. The zero-order valence-electron chi connectivity index (χ0n) is 17.7. The molecule has 1 atom stereocenters. The Bertz CT molecular complexity index is 815. The molecule has 0 aliphatic carbocycles. The van der Waals surface area contributed by atoms with E-state index in [0.717, 1.165) is 6.54 Å². The van der Waals surface area contributed by atoms with Crippen LogP contribution in [-0.4, -0.2) is 72.7 Å². The molecule has 2 saturated heterocycles. The number of benzene rings is 1. The number of hydrogen-bond donors (Lipinski definition) is 0. The lowest BCUT2D eigenvalue weighted by molar-refractivity contribution is -0.139. The smallest absolute Gasteiger partial charge is 0.243 e. The van der Waals surface area contributed by atoms with E-state index in [1.54, 1.807) is 28.6 Å². The minimum Gasteiger partial charge on any atom is -0.340 e. The number of amides is 1. The van der Waals surface area contributed by atoms with Crippen LogP contribution in [-0.2, 0) is 14.8 Å². The van der Waals surface area contributed by atoms with E-state index in [-0.39, 0.29) is 22.9 Å². The summed E-state index contributed by atoms with van der Waals surface area (Å²) < 4.78 is 28.0. The highest BCUT2D eigenvalue weighted by atomic mass is 32.2. The number of fused-ring (bicyclic) bond motifs is 1. The van der Waals surface area contributed by atoms with E-state index >= 15 is 0 Å². The molecule has 0 N–H and O–H groups in total. The fraction of sp³-hybridized carbons (Fsp3) is 0.667. The largest absolute Gasteiger partial charge is 0.340 e. The summed E-state index contributed by atoms with van der Waals surface area (Å²) in [6, 6.07) is 8.63. The second-order valence-electron chi connectivity index (χ2n) is 9.85. The lowest BCUT2D eigenvalue weighted by atomic mass is 9.90. The molecule has 1 unspecified atom stereocenters. The van der Waals surface area contributed by atoms with Gasteiger partial charge < -0.3 is 4.90 Å². The van der Waals surface area contributed by atoms with Gasteiger partial charge in [-0.15, -0.1) is 0 Å². The number of carbonyl (C=O) groups is 1. The van der Waals surface area contributed by atoms with Crippen LogP contribution in [0, 0.1) is 5.41 Å². The Kier molecular flexibility index (Phi) is 5.64. The molecule has 0 saturated carbocycles. The van der Waals surface area contributed by atoms with Crippen molar-refractivity contribution < 1.29 is 13.2 Å². The van der Waals surface area contributed by atoms with E-state index < -0.39 is 10.0 Å². The summed E-state index contributed by atoms with van der Waals surface area (Å²) in [4.78, 5) is 17.4. The maximum absolute atomic E-state index is 13.2. The summed E-state index contributed by atoms with van der Waals surface area (Å²) in [6.45, 7) is 13.3. The van der Waals surface area contributed by atoms with Gasteiger partial charge in [0.25, 0.3) is 0 Å². The SMILES string of the molecule is CC(C)(C)CC(=O)N1CCN2C(C1)CN(S(=O)(=O)c1ccccc1)CC2(C)C. The number of sulfonamides is 1. The molecule has 28 heavy (non-hydrogen) atoms. The molecule has 0 aromatic heterocycles. The first-order valence-electron chi connectivity index (χ1n) is 10.00. The summed E-state index contributed by atoms with van der Waals surface area (Å²) >= 11 is 0. The number of nitrogens with zero attached hydrogens (tertiary/aromatic N) is 3. The van der Waals surface area contributed by atoms with E-state index in [4.69, 9.17) is 0 Å². The van der Waals surface area contributed by atoms with Crippen LogP contribution in [0.3, 0.4) is 0 Å². The van der Waals surface area contributed by atoms with Crippen molar-refractivity contribution in [3.05, 3.63) is 30.3 Å². The van der Waals surface area contributed by atoms with Gasteiger partial charge in [-0.2, -0.15) is 4.31 Å². The quantitative estimate of drug-likeness (QED) is 0.772. The average molecular weight is 408 g/mol. The standard InChI is InChI=1S/C21H33N3O3S/c1-20(2,3)13-19(25)22-11-12-24-17(14-22)15-23(16-21(24,4)5)28(26,27)18-9-7-6-8-10-18/h6-10,17H,11-16H2,1-5H3. The van der Waals surface area contributed by atoms with Crippen molar-refractivity contribution in [1.29, 1.82) is 0 Å². The van der Waals surface area contributed by atoms with Gasteiger partial charge in [-0.1, -0.05) is 39.0 Å². The topological polar surface area (TPSA) is 60.9 Å². The van der Waals surface area contributed by atoms with Crippen molar-refractivity contribution >= 4 is 15.9 Å². The highest BCUT2D eigenvalue weighted by Gasteiger charge is 2.46. The second-order valence-corrected chi connectivity index (χ2v) is 11.8. The van der Waals surface area contributed by atoms with Crippen LogP contribution in [0.15, 0.2) is 35.2 Å². The van der Waals surface area contributed by atoms with E-state index in [2.05, 4.69) is 39.5 Å². The highest BCUT2D eigenvalue weighted by Crippen LogP contribution is 2.32. The van der Waals surface area contributed by atoms with Crippen LogP contribution in [0.25, 0.3) is 0 Å². The number of carbonyl (C=O) groups excluding carboxylic acids is 1. The third-order valence-corrected chi connectivity index (χ3v) is 7.48. The molecular weight excluding hydrogens is 374 g/mol. The number of rotatable bonds is 3. The zero-order chi connectivity index (χ0) is 20.7. The van der Waals surface area contributed by atoms with Gasteiger partial charge in [-0.25, -0.2) is 8.42 Å². The van der Waals surface area contributed by atoms with Gasteiger partial charge in [0.05, 0.1) is 4.90 Å². The summed E-state index contributed by atoms with van der Waals surface area (Å²) in [5, 5.41) is 0. The van der Waals surface area contributed by atoms with Crippen molar-refractivity contribution in [3.8, 4) is 0 Å². The van der Waals surface area contributed by atoms with E-state index in [9.17, 15) is 13.2 Å². The van der Waals surface area contributed by atoms with Gasteiger partial charge in [0.1, 0.15) is 0 Å². The van der Waals surface area contributed by atoms with Crippen molar-refractivity contribution in [2.75, 3.05) is 32.7 Å². The molecular formula is C21H33N3O3S. The first-order valence-corrected chi connectivity index (χ1v) is 11.4. The predicted molar refractivity (Wildman–Crippen MR) is 110 cm³/mol. The molecule has 2 aliphatic rings. The van der Waals surface area contributed by atoms with Crippen LogP contribution in [0.1, 0.15) is 41.0 Å². The van der Waals surface area contributed by atoms with Crippen LogP contribution in [0.4, 0.5) is 0 Å². The summed E-state index contributed by atoms with van der Waals surface area (Å²) in [7, 11) is -3.55. The summed E-state index contributed by atoms with van der Waals surface area (Å²) in [6.07, 6.45) is 0.509. The zero-order valence-corrected chi connectivity index (χ0v) is 18.5. The Labute approximate surface area is 169 Å². The normalized spacial score (nSPS) is 24.0. The molecule has 1 aromatic rings. The van der Waals surface area contributed by atoms with Crippen LogP contribution in [0.2, 0.25) is 0 Å². The van der Waals surface area contributed by atoms with Gasteiger partial charge in [0, 0.05) is 50.7 Å². The van der Waals surface area contributed by atoms with Crippen molar-refractivity contribution in [2.24, 2.45) is 5.41 Å². The molecule has 6 nitrogen and oxygen atoms in total. The van der Waals surface area contributed by atoms with Crippen molar-refractivity contribution in [2.45, 2.75) is 57.5 Å². The van der Waals surface area contributed by atoms with E-state index in [1.807, 2.05) is 11.0 Å². The van der Waals surface area contributed by atoms with Crippen LogP contribution < -0.4 is 0 Å². The molecule has 3 rings (SSSR count). The first-order chi connectivity index (χ1) is 12.9. The third kappa shape index (κ3) is 4.42. The molecule has 1 amide bonds. The highest BCUT2D eigenvalue weighted by molar-refractivity contribution is 7.89. The molecule has 0 spiro atoms. The molecule has 1 aromatic carbocycles. The predicted octanol–water partition coefficient (Wildman–Crippen LogP) is 2.42. The fourth-order valence-electron chi connectivity index (χ4n) is 4.35. The Morgan fingerprint density at radius 3 is 2.36 bits per heavy atom. The number of piperazine rings is 2. The van der Waals surface area contributed by atoms with Gasteiger partial charge in [-0.3, -0.25) is 9.69 Å². The molecule has 7 heteroatoms. The second kappa shape index (κ2) is 7.43. The van der Waals surface area contributed by atoms with E-state index in [0.29, 0.717) is 37.5 Å². The third-order valence-electron chi connectivity index (χ3n) is 5.65. The van der Waals surface area contributed by atoms with E-state index in [1.165, 1.54) is 0 Å². The molecule has 0 bridgehead atoms. The van der Waals surface area contributed by atoms with Crippen LogP contribution >= 0.6 is 0 Å². The maximum atomic E-state index is 13.2. The fourth-order valence-corrected chi connectivity index (χ4v) is 6.00. The molecule has 2 fully saturated rings.